The number of benzene rings is 2. The van der Waals surface area contributed by atoms with Gasteiger partial charge < -0.3 is 4.74 Å². The van der Waals surface area contributed by atoms with Crippen LogP contribution in [0.4, 0.5) is 0 Å². The standard InChI is InChI=1S/C15H14O2/c1-12-7-5-6-10-14(12)17-15(16)11-13-8-3-2-4-9-13/h2-10H,11H2,1H3. The van der Waals surface area contributed by atoms with Crippen molar-refractivity contribution in [2.75, 3.05) is 0 Å². The molecule has 2 nitrogen and oxygen atoms in total. The van der Waals surface area contributed by atoms with Crippen molar-refractivity contribution in [3.63, 3.8) is 0 Å². The molecule has 2 heteroatoms. The summed E-state index contributed by atoms with van der Waals surface area (Å²) >= 11 is 0. The molecule has 0 bridgehead atoms. The lowest BCUT2D eigenvalue weighted by atomic mass is 10.1. The summed E-state index contributed by atoms with van der Waals surface area (Å²) in [6.07, 6.45) is 0.301. The van der Waals surface area contributed by atoms with Crippen molar-refractivity contribution < 1.29 is 9.53 Å². The molecule has 0 fully saturated rings. The van der Waals surface area contributed by atoms with Gasteiger partial charge in [0.15, 0.2) is 0 Å². The molecule has 0 aliphatic rings. The molecule has 86 valence electrons. The third kappa shape index (κ3) is 3.18. The van der Waals surface area contributed by atoms with Gasteiger partial charge in [-0.1, -0.05) is 48.5 Å². The maximum absolute atomic E-state index is 11.7. The molecule has 0 amide bonds. The fraction of sp³-hybridized carbons (Fsp3) is 0.133. The highest BCUT2D eigenvalue weighted by atomic mass is 16.5. The van der Waals surface area contributed by atoms with E-state index >= 15 is 0 Å². The number of carbonyl (C=O) groups is 1. The Morgan fingerprint density at radius 2 is 1.65 bits per heavy atom. The molecule has 0 aliphatic heterocycles. The molecule has 17 heavy (non-hydrogen) atoms. The van der Waals surface area contributed by atoms with Gasteiger partial charge in [0.25, 0.3) is 0 Å². The Morgan fingerprint density at radius 3 is 2.35 bits per heavy atom. The SMILES string of the molecule is Cc1ccccc1OC(=O)Cc1ccccc1. The monoisotopic (exact) mass is 226 g/mol. The summed E-state index contributed by atoms with van der Waals surface area (Å²) < 4.78 is 5.31. The number of ether oxygens (including phenoxy) is 1. The summed E-state index contributed by atoms with van der Waals surface area (Å²) in [5, 5.41) is 0. The zero-order valence-corrected chi connectivity index (χ0v) is 9.72. The van der Waals surface area contributed by atoms with Gasteiger partial charge in [-0.15, -0.1) is 0 Å². The van der Waals surface area contributed by atoms with Crippen LogP contribution in [0.25, 0.3) is 0 Å². The number of rotatable bonds is 3. The third-order valence-electron chi connectivity index (χ3n) is 2.51. The fourth-order valence-corrected chi connectivity index (χ4v) is 1.59. The molecular formula is C15H14O2. The molecule has 0 heterocycles. The van der Waals surface area contributed by atoms with Gasteiger partial charge in [-0.2, -0.15) is 0 Å². The highest BCUT2D eigenvalue weighted by Gasteiger charge is 2.07. The van der Waals surface area contributed by atoms with Crippen LogP contribution in [0.15, 0.2) is 54.6 Å². The molecule has 0 saturated heterocycles. The lowest BCUT2D eigenvalue weighted by Crippen LogP contribution is -2.11. The highest BCUT2D eigenvalue weighted by molar-refractivity contribution is 5.75. The van der Waals surface area contributed by atoms with E-state index in [2.05, 4.69) is 0 Å². The summed E-state index contributed by atoms with van der Waals surface area (Å²) in [5.41, 5.74) is 1.93. The number of carbonyl (C=O) groups excluding carboxylic acids is 1. The third-order valence-corrected chi connectivity index (χ3v) is 2.51. The van der Waals surface area contributed by atoms with Crippen LogP contribution in [0.2, 0.25) is 0 Å². The van der Waals surface area contributed by atoms with Crippen LogP contribution in [0.3, 0.4) is 0 Å². The normalized spacial score (nSPS) is 9.94. The van der Waals surface area contributed by atoms with E-state index in [0.29, 0.717) is 12.2 Å². The van der Waals surface area contributed by atoms with Gasteiger partial charge in [0.2, 0.25) is 0 Å². The maximum atomic E-state index is 11.7. The second-order valence-corrected chi connectivity index (χ2v) is 3.90. The first kappa shape index (κ1) is 11.4. The van der Waals surface area contributed by atoms with Crippen LogP contribution in [0.1, 0.15) is 11.1 Å². The molecule has 0 N–H and O–H groups in total. The van der Waals surface area contributed by atoms with Crippen molar-refractivity contribution in [3.05, 3.63) is 65.7 Å². The summed E-state index contributed by atoms with van der Waals surface area (Å²) in [4.78, 5) is 11.7. The molecule has 2 rings (SSSR count). The lowest BCUT2D eigenvalue weighted by molar-refractivity contribution is -0.133. The zero-order chi connectivity index (χ0) is 12.1. The van der Waals surface area contributed by atoms with Gasteiger partial charge in [0.05, 0.1) is 6.42 Å². The molecule has 0 spiro atoms. The topological polar surface area (TPSA) is 26.3 Å². The Bertz CT molecular complexity index is 503. The van der Waals surface area contributed by atoms with Crippen molar-refractivity contribution in [2.45, 2.75) is 13.3 Å². The Kier molecular flexibility index (Phi) is 3.55. The van der Waals surface area contributed by atoms with Gasteiger partial charge in [-0.3, -0.25) is 4.79 Å². The first-order chi connectivity index (χ1) is 8.25. The highest BCUT2D eigenvalue weighted by Crippen LogP contribution is 2.16. The first-order valence-corrected chi connectivity index (χ1v) is 5.56. The molecule has 0 atom stereocenters. The van der Waals surface area contributed by atoms with E-state index in [-0.39, 0.29) is 5.97 Å². The van der Waals surface area contributed by atoms with Gasteiger partial charge in [0.1, 0.15) is 5.75 Å². The van der Waals surface area contributed by atoms with E-state index in [1.807, 2.05) is 55.5 Å². The number of para-hydroxylation sites is 1. The van der Waals surface area contributed by atoms with Crippen LogP contribution in [0, 0.1) is 6.92 Å². The molecule has 2 aromatic carbocycles. The van der Waals surface area contributed by atoms with E-state index in [1.54, 1.807) is 6.07 Å². The number of hydrogen-bond acceptors (Lipinski definition) is 2. The van der Waals surface area contributed by atoms with Crippen molar-refractivity contribution in [3.8, 4) is 5.75 Å². The Morgan fingerprint density at radius 1 is 1.00 bits per heavy atom. The smallest absolute Gasteiger partial charge is 0.315 e. The average molecular weight is 226 g/mol. The summed E-state index contributed by atoms with van der Waals surface area (Å²) in [7, 11) is 0. The van der Waals surface area contributed by atoms with Crippen LogP contribution < -0.4 is 4.74 Å². The molecular weight excluding hydrogens is 212 g/mol. The minimum Gasteiger partial charge on any atom is -0.426 e. The Labute approximate surface area is 101 Å². The Balaban J connectivity index is 2.01. The fourth-order valence-electron chi connectivity index (χ4n) is 1.59. The Hall–Kier alpha value is -2.09. The second-order valence-electron chi connectivity index (χ2n) is 3.90. The van der Waals surface area contributed by atoms with Gasteiger partial charge in [-0.05, 0) is 24.1 Å². The van der Waals surface area contributed by atoms with Gasteiger partial charge in [0, 0.05) is 0 Å². The zero-order valence-electron chi connectivity index (χ0n) is 9.72. The van der Waals surface area contributed by atoms with Crippen molar-refractivity contribution in [1.82, 2.24) is 0 Å². The second kappa shape index (κ2) is 5.30. The van der Waals surface area contributed by atoms with Crippen molar-refractivity contribution in [2.24, 2.45) is 0 Å². The van der Waals surface area contributed by atoms with Crippen molar-refractivity contribution >= 4 is 5.97 Å². The number of hydrogen-bond donors (Lipinski definition) is 0. The maximum Gasteiger partial charge on any atom is 0.315 e. The van der Waals surface area contributed by atoms with Crippen molar-refractivity contribution in [1.29, 1.82) is 0 Å². The number of esters is 1. The van der Waals surface area contributed by atoms with Gasteiger partial charge >= 0.3 is 5.97 Å². The lowest BCUT2D eigenvalue weighted by Gasteiger charge is -2.06. The largest absolute Gasteiger partial charge is 0.426 e. The molecule has 0 unspecified atom stereocenters. The molecule has 0 aliphatic carbocycles. The van der Waals surface area contributed by atoms with Gasteiger partial charge in [-0.25, -0.2) is 0 Å². The van der Waals surface area contributed by atoms with E-state index in [4.69, 9.17) is 4.74 Å². The van der Waals surface area contributed by atoms with Crippen LogP contribution in [0.5, 0.6) is 5.75 Å². The predicted octanol–water partition coefficient (Wildman–Crippen LogP) is 3.14. The number of aryl methyl sites for hydroxylation is 1. The van der Waals surface area contributed by atoms with E-state index in [9.17, 15) is 4.79 Å². The predicted molar refractivity (Wildman–Crippen MR) is 67.0 cm³/mol. The molecule has 0 radical (unpaired) electrons. The van der Waals surface area contributed by atoms with Crippen LogP contribution >= 0.6 is 0 Å². The summed E-state index contributed by atoms with van der Waals surface area (Å²) in [5.74, 6) is 0.402. The first-order valence-electron chi connectivity index (χ1n) is 5.56. The summed E-state index contributed by atoms with van der Waals surface area (Å²) in [6.45, 7) is 1.92. The quantitative estimate of drug-likeness (QED) is 0.593. The molecule has 2 aromatic rings. The van der Waals surface area contributed by atoms with E-state index in [1.165, 1.54) is 0 Å². The minimum absolute atomic E-state index is 0.231. The molecule has 0 aromatic heterocycles. The van der Waals surface area contributed by atoms with E-state index < -0.39 is 0 Å². The van der Waals surface area contributed by atoms with E-state index in [0.717, 1.165) is 11.1 Å². The van der Waals surface area contributed by atoms with Crippen LogP contribution in [-0.2, 0) is 11.2 Å². The summed E-state index contributed by atoms with van der Waals surface area (Å²) in [6, 6.07) is 17.1. The average Bonchev–Trinajstić information content (AvgIpc) is 2.33. The van der Waals surface area contributed by atoms with Crippen LogP contribution in [-0.4, -0.2) is 5.97 Å². The molecule has 0 saturated carbocycles. The minimum atomic E-state index is -0.231.